The molecule has 1 spiro atoms. The minimum atomic E-state index is -1.05. The molecule has 2 saturated carbocycles. The van der Waals surface area contributed by atoms with Crippen molar-refractivity contribution in [3.05, 3.63) is 41.0 Å². The zero-order valence-electron chi connectivity index (χ0n) is 31.3. The van der Waals surface area contributed by atoms with Crippen LogP contribution in [0.15, 0.2) is 24.3 Å². The van der Waals surface area contributed by atoms with E-state index < -0.39 is 37.8 Å². The number of hydrogen-bond acceptors (Lipinski definition) is 15. The van der Waals surface area contributed by atoms with Gasteiger partial charge in [-0.3, -0.25) is 0 Å². The second-order valence-corrected chi connectivity index (χ2v) is 17.8. The molecule has 304 valence electrons. The summed E-state index contributed by atoms with van der Waals surface area (Å²) in [6.07, 6.45) is 4.58. The number of aliphatic hydroxyl groups excluding tert-OH is 6. The first-order valence-corrected chi connectivity index (χ1v) is 21.4. The standard InChI is InChI=1S/C39H59NO12S2/c1-23(44)19-40-26-5-8-39(17-26)9-6-28(18-39)52-34-14-25-3-4-27(50-21-42)15-31(45)30(11-24-12-35(49-2)38(48)36(13-24)51-22-43)33(47)20-53-54-37(7-10-41)29(25)16-32(34)46/h12-14,16,23,26-28,30-31,33,37,40-48H,3-11,15,17-22H2,1-2H3. The van der Waals surface area contributed by atoms with Crippen molar-refractivity contribution in [2.45, 2.75) is 119 Å². The highest BCUT2D eigenvalue weighted by atomic mass is 33.1. The molecule has 3 aliphatic rings. The van der Waals surface area contributed by atoms with Crippen molar-refractivity contribution in [2.24, 2.45) is 11.3 Å². The number of phenolic OH excluding ortho intramolecular Hbond substituents is 2. The van der Waals surface area contributed by atoms with E-state index in [9.17, 15) is 40.9 Å². The molecule has 2 aliphatic carbocycles. The molecule has 2 fully saturated rings. The summed E-state index contributed by atoms with van der Waals surface area (Å²) >= 11 is 0. The molecule has 0 radical (unpaired) electrons. The normalized spacial score (nSPS) is 29.9. The fourth-order valence-electron chi connectivity index (χ4n) is 8.52. The molecular weight excluding hydrogens is 739 g/mol. The number of phenols is 2. The molecule has 9 N–H and O–H groups in total. The minimum absolute atomic E-state index is 0.00366. The molecule has 0 amide bonds. The monoisotopic (exact) mass is 797 g/mol. The van der Waals surface area contributed by atoms with Crippen molar-refractivity contribution in [1.29, 1.82) is 0 Å². The molecule has 0 bridgehead atoms. The molecule has 2 aromatic rings. The molecule has 9 atom stereocenters. The van der Waals surface area contributed by atoms with Gasteiger partial charge in [0.1, 0.15) is 6.79 Å². The Morgan fingerprint density at radius 3 is 2.43 bits per heavy atom. The summed E-state index contributed by atoms with van der Waals surface area (Å²) in [6, 6.07) is 7.13. The minimum Gasteiger partial charge on any atom is -0.504 e. The molecular formula is C39H59NO12S2. The number of benzene rings is 2. The largest absolute Gasteiger partial charge is 0.504 e. The van der Waals surface area contributed by atoms with Gasteiger partial charge in [-0.15, -0.1) is 0 Å². The number of nitrogens with one attached hydrogen (secondary N) is 1. The lowest BCUT2D eigenvalue weighted by atomic mass is 9.84. The lowest BCUT2D eigenvalue weighted by Crippen LogP contribution is -2.38. The van der Waals surface area contributed by atoms with E-state index in [4.69, 9.17) is 18.9 Å². The smallest absolute Gasteiger partial charge is 0.200 e. The SMILES string of the molecule is COc1cc(CC2C(O)CSSC(CCO)c3cc(O)c(OC4CCC5(CCC(NCC(C)O)C5)C4)cc3CCC(OCO)CC2O)cc(OCO)c1O. The van der Waals surface area contributed by atoms with Gasteiger partial charge in [0.15, 0.2) is 29.8 Å². The molecule has 0 aromatic heterocycles. The maximum Gasteiger partial charge on any atom is 0.200 e. The predicted molar refractivity (Wildman–Crippen MR) is 207 cm³/mol. The van der Waals surface area contributed by atoms with Gasteiger partial charge in [0.2, 0.25) is 5.75 Å². The van der Waals surface area contributed by atoms with Gasteiger partial charge in [-0.1, -0.05) is 21.6 Å². The molecule has 2 aromatic carbocycles. The highest BCUT2D eigenvalue weighted by Gasteiger charge is 2.45. The molecule has 54 heavy (non-hydrogen) atoms. The molecule has 1 aliphatic heterocycles. The highest BCUT2D eigenvalue weighted by Crippen LogP contribution is 2.52. The van der Waals surface area contributed by atoms with Crippen LogP contribution < -0.4 is 19.5 Å². The van der Waals surface area contributed by atoms with Crippen molar-refractivity contribution in [2.75, 3.05) is 39.6 Å². The van der Waals surface area contributed by atoms with Crippen LogP contribution in [0.3, 0.4) is 0 Å². The van der Waals surface area contributed by atoms with Crippen LogP contribution in [0.1, 0.15) is 86.7 Å². The first-order valence-electron chi connectivity index (χ1n) is 19.0. The molecule has 15 heteroatoms. The third-order valence-electron chi connectivity index (χ3n) is 11.3. The van der Waals surface area contributed by atoms with E-state index in [-0.39, 0.29) is 71.1 Å². The Hall–Kier alpha value is -2.18. The zero-order chi connectivity index (χ0) is 38.8. The molecule has 0 saturated heterocycles. The van der Waals surface area contributed by atoms with Gasteiger partial charge in [0, 0.05) is 36.1 Å². The van der Waals surface area contributed by atoms with Crippen LogP contribution in [0.2, 0.25) is 0 Å². The number of methoxy groups -OCH3 is 1. The summed E-state index contributed by atoms with van der Waals surface area (Å²) in [6.45, 7) is 1.06. The number of rotatable bonds is 14. The van der Waals surface area contributed by atoms with E-state index in [0.29, 0.717) is 43.2 Å². The van der Waals surface area contributed by atoms with Crippen molar-refractivity contribution in [1.82, 2.24) is 5.32 Å². The number of aryl methyl sites for hydroxylation is 1. The summed E-state index contributed by atoms with van der Waals surface area (Å²) in [7, 11) is 4.29. The van der Waals surface area contributed by atoms with E-state index in [1.165, 1.54) is 34.8 Å². The third kappa shape index (κ3) is 11.2. The Balaban J connectivity index is 1.36. The lowest BCUT2D eigenvalue weighted by molar-refractivity contribution is -0.0808. The lowest BCUT2D eigenvalue weighted by Gasteiger charge is -2.30. The summed E-state index contributed by atoms with van der Waals surface area (Å²) in [4.78, 5) is 0. The Bertz CT molecular complexity index is 1490. The van der Waals surface area contributed by atoms with Crippen LogP contribution in [0.4, 0.5) is 0 Å². The fraction of sp³-hybridized carbons (Fsp3) is 0.692. The Kier molecular flexibility index (Phi) is 16.1. The van der Waals surface area contributed by atoms with Crippen LogP contribution in [0.5, 0.6) is 28.7 Å². The van der Waals surface area contributed by atoms with Gasteiger partial charge >= 0.3 is 0 Å². The Morgan fingerprint density at radius 2 is 1.70 bits per heavy atom. The summed E-state index contributed by atoms with van der Waals surface area (Å²) in [5.41, 5.74) is 2.54. The van der Waals surface area contributed by atoms with Gasteiger partial charge in [0.05, 0.1) is 37.6 Å². The third-order valence-corrected chi connectivity index (χ3v) is 14.1. The first kappa shape index (κ1) is 43.0. The number of aliphatic hydroxyl groups is 6. The summed E-state index contributed by atoms with van der Waals surface area (Å²) in [5.74, 6) is -0.176. The second kappa shape index (κ2) is 20.3. The van der Waals surface area contributed by atoms with Crippen molar-refractivity contribution in [3.8, 4) is 28.7 Å². The average molecular weight is 798 g/mol. The van der Waals surface area contributed by atoms with Gasteiger partial charge in [-0.2, -0.15) is 0 Å². The topological polar surface area (TPSA) is 211 Å². The second-order valence-electron chi connectivity index (χ2n) is 15.2. The van der Waals surface area contributed by atoms with E-state index in [1.807, 2.05) is 6.07 Å². The van der Waals surface area contributed by atoms with Gasteiger partial charge in [-0.05, 0) is 124 Å². The van der Waals surface area contributed by atoms with E-state index in [1.54, 1.807) is 19.1 Å². The van der Waals surface area contributed by atoms with Crippen molar-refractivity contribution in [3.63, 3.8) is 0 Å². The van der Waals surface area contributed by atoms with E-state index in [0.717, 1.165) is 49.7 Å². The number of fused-ring (bicyclic) bond motifs is 1. The molecule has 13 nitrogen and oxygen atoms in total. The van der Waals surface area contributed by atoms with E-state index >= 15 is 0 Å². The highest BCUT2D eigenvalue weighted by molar-refractivity contribution is 8.76. The van der Waals surface area contributed by atoms with Crippen molar-refractivity contribution < 1.29 is 59.8 Å². The van der Waals surface area contributed by atoms with Gasteiger partial charge < -0.3 is 65.1 Å². The Labute approximate surface area is 325 Å². The average Bonchev–Trinajstić information content (AvgIpc) is 3.74. The summed E-state index contributed by atoms with van der Waals surface area (Å²) < 4.78 is 22.8. The summed E-state index contributed by atoms with van der Waals surface area (Å²) in [5, 5.41) is 87.2. The Morgan fingerprint density at radius 1 is 0.926 bits per heavy atom. The van der Waals surface area contributed by atoms with Gasteiger partial charge in [-0.25, -0.2) is 0 Å². The predicted octanol–water partition coefficient (Wildman–Crippen LogP) is 3.93. The van der Waals surface area contributed by atoms with Crippen LogP contribution in [-0.4, -0.2) is 117 Å². The van der Waals surface area contributed by atoms with Crippen LogP contribution in [0.25, 0.3) is 0 Å². The fourth-order valence-corrected chi connectivity index (χ4v) is 11.4. The zero-order valence-corrected chi connectivity index (χ0v) is 32.9. The number of aromatic hydroxyl groups is 2. The first-order chi connectivity index (χ1) is 26.0. The van der Waals surface area contributed by atoms with Crippen LogP contribution >= 0.6 is 21.6 Å². The maximum absolute atomic E-state index is 11.6. The molecule has 5 rings (SSSR count). The van der Waals surface area contributed by atoms with E-state index in [2.05, 4.69) is 5.32 Å². The molecule has 9 unspecified atom stereocenters. The maximum atomic E-state index is 11.6. The quantitative estimate of drug-likeness (QED) is 0.0980. The van der Waals surface area contributed by atoms with Gasteiger partial charge in [0.25, 0.3) is 0 Å². The van der Waals surface area contributed by atoms with Crippen molar-refractivity contribution >= 4 is 21.6 Å². The number of hydrogen-bond donors (Lipinski definition) is 9. The van der Waals surface area contributed by atoms with Crippen LogP contribution in [0, 0.1) is 11.3 Å². The van der Waals surface area contributed by atoms with Crippen LogP contribution in [-0.2, 0) is 17.6 Å². The molecule has 1 heterocycles. The number of ether oxygens (including phenoxy) is 4.